The number of rotatable bonds is 5. The SMILES string of the molecule is CC[N+]1(C)[C@@H]2CC[C@H]1CC(CC(C#N)(c1ccccc1)c1ccccc1)C2. The largest absolute Gasteiger partial charge is 0.321 e. The molecule has 2 heteroatoms. The van der Waals surface area contributed by atoms with Crippen molar-refractivity contribution in [2.45, 2.75) is 56.5 Å². The fourth-order valence-corrected chi connectivity index (χ4v) is 5.99. The van der Waals surface area contributed by atoms with E-state index in [1.54, 1.807) is 0 Å². The maximum atomic E-state index is 10.5. The van der Waals surface area contributed by atoms with Crippen molar-refractivity contribution in [2.24, 2.45) is 5.92 Å². The molecule has 0 aromatic heterocycles. The van der Waals surface area contributed by atoms with Gasteiger partial charge < -0.3 is 4.48 Å². The van der Waals surface area contributed by atoms with Gasteiger partial charge in [-0.15, -0.1) is 0 Å². The minimum Gasteiger partial charge on any atom is -0.321 e. The van der Waals surface area contributed by atoms with Crippen molar-refractivity contribution >= 4 is 0 Å². The Morgan fingerprint density at radius 1 is 0.926 bits per heavy atom. The molecule has 27 heavy (non-hydrogen) atoms. The number of nitrogens with zero attached hydrogens (tertiary/aromatic N) is 2. The molecule has 0 spiro atoms. The Balaban J connectivity index is 1.69. The molecule has 0 saturated carbocycles. The number of hydrogen-bond donors (Lipinski definition) is 0. The molecule has 0 aliphatic carbocycles. The van der Waals surface area contributed by atoms with Crippen molar-refractivity contribution in [2.75, 3.05) is 13.6 Å². The molecular weight excluding hydrogens is 328 g/mol. The maximum Gasteiger partial charge on any atom is 0.107 e. The van der Waals surface area contributed by atoms with Gasteiger partial charge in [0.1, 0.15) is 5.41 Å². The third-order valence-corrected chi connectivity index (χ3v) is 7.71. The van der Waals surface area contributed by atoms with Gasteiger partial charge in [0.05, 0.1) is 31.7 Å². The lowest BCUT2D eigenvalue weighted by Gasteiger charge is -2.47. The summed E-state index contributed by atoms with van der Waals surface area (Å²) in [5.41, 5.74) is 1.74. The van der Waals surface area contributed by atoms with E-state index < -0.39 is 5.41 Å². The summed E-state index contributed by atoms with van der Waals surface area (Å²) in [5, 5.41) is 10.5. The summed E-state index contributed by atoms with van der Waals surface area (Å²) in [4.78, 5) is 0. The van der Waals surface area contributed by atoms with E-state index >= 15 is 0 Å². The van der Waals surface area contributed by atoms with Crippen LogP contribution in [0, 0.1) is 17.2 Å². The highest BCUT2D eigenvalue weighted by Crippen LogP contribution is 2.48. The van der Waals surface area contributed by atoms with Crippen molar-refractivity contribution in [1.29, 1.82) is 5.26 Å². The summed E-state index contributed by atoms with van der Waals surface area (Å²) < 4.78 is 1.26. The van der Waals surface area contributed by atoms with Crippen LogP contribution in [-0.4, -0.2) is 30.2 Å². The quantitative estimate of drug-likeness (QED) is 0.665. The topological polar surface area (TPSA) is 23.8 Å². The molecule has 0 radical (unpaired) electrons. The zero-order chi connectivity index (χ0) is 18.9. The molecule has 2 heterocycles. The molecule has 0 amide bonds. The van der Waals surface area contributed by atoms with Gasteiger partial charge in [0.2, 0.25) is 0 Å². The van der Waals surface area contributed by atoms with Crippen LogP contribution in [0.5, 0.6) is 0 Å². The molecule has 4 rings (SSSR count). The first-order valence-corrected chi connectivity index (χ1v) is 10.5. The lowest BCUT2D eigenvalue weighted by Crippen LogP contribution is -2.57. The molecule has 2 bridgehead atoms. The van der Waals surface area contributed by atoms with E-state index in [2.05, 4.69) is 68.6 Å². The van der Waals surface area contributed by atoms with Gasteiger partial charge in [0, 0.05) is 25.7 Å². The highest BCUT2D eigenvalue weighted by molar-refractivity contribution is 5.45. The minimum absolute atomic E-state index is 0.542. The summed E-state index contributed by atoms with van der Waals surface area (Å²) in [6.07, 6.45) is 6.20. The fourth-order valence-electron chi connectivity index (χ4n) is 5.99. The maximum absolute atomic E-state index is 10.5. The summed E-state index contributed by atoms with van der Waals surface area (Å²) in [5.74, 6) is 0.625. The van der Waals surface area contributed by atoms with E-state index in [4.69, 9.17) is 0 Å². The van der Waals surface area contributed by atoms with Crippen LogP contribution >= 0.6 is 0 Å². The Hall–Kier alpha value is -2.11. The van der Waals surface area contributed by atoms with Crippen molar-refractivity contribution in [3.8, 4) is 6.07 Å². The van der Waals surface area contributed by atoms with E-state index in [0.29, 0.717) is 5.92 Å². The number of nitriles is 1. The second-order valence-electron chi connectivity index (χ2n) is 8.84. The van der Waals surface area contributed by atoms with Crippen LogP contribution in [0.1, 0.15) is 50.2 Å². The Labute approximate surface area is 164 Å². The molecule has 2 fully saturated rings. The van der Waals surface area contributed by atoms with Gasteiger partial charge in [-0.3, -0.25) is 0 Å². The van der Waals surface area contributed by atoms with Gasteiger partial charge in [-0.05, 0) is 30.4 Å². The third-order valence-electron chi connectivity index (χ3n) is 7.71. The van der Waals surface area contributed by atoms with Gasteiger partial charge in [-0.2, -0.15) is 5.26 Å². The highest BCUT2D eigenvalue weighted by atomic mass is 15.4. The summed E-state index contributed by atoms with van der Waals surface area (Å²) >= 11 is 0. The average Bonchev–Trinajstić information content (AvgIpc) is 2.90. The first-order chi connectivity index (χ1) is 13.1. The normalized spacial score (nSPS) is 30.0. The number of benzene rings is 2. The lowest BCUT2D eigenvalue weighted by molar-refractivity contribution is -0.948. The van der Waals surface area contributed by atoms with Crippen LogP contribution in [0.15, 0.2) is 60.7 Å². The Morgan fingerprint density at radius 2 is 1.41 bits per heavy atom. The first kappa shape index (κ1) is 18.3. The average molecular weight is 360 g/mol. The Morgan fingerprint density at radius 3 is 1.81 bits per heavy atom. The van der Waals surface area contributed by atoms with Gasteiger partial charge in [0.25, 0.3) is 0 Å². The van der Waals surface area contributed by atoms with Crippen LogP contribution in [0.4, 0.5) is 0 Å². The van der Waals surface area contributed by atoms with Gasteiger partial charge in [0.15, 0.2) is 0 Å². The smallest absolute Gasteiger partial charge is 0.107 e. The molecule has 2 aromatic rings. The van der Waals surface area contributed by atoms with E-state index in [9.17, 15) is 5.26 Å². The van der Waals surface area contributed by atoms with Gasteiger partial charge in [-0.25, -0.2) is 0 Å². The molecule has 2 unspecified atom stereocenters. The molecule has 4 atom stereocenters. The van der Waals surface area contributed by atoms with E-state index in [1.165, 1.54) is 36.7 Å². The molecule has 2 aromatic carbocycles. The lowest BCUT2D eigenvalue weighted by atomic mass is 9.67. The number of piperidine rings is 1. The fraction of sp³-hybridized carbons (Fsp3) is 0.480. The zero-order valence-corrected chi connectivity index (χ0v) is 16.6. The predicted molar refractivity (Wildman–Crippen MR) is 110 cm³/mol. The Bertz CT molecular complexity index is 752. The molecular formula is C25H31N2+. The second-order valence-corrected chi connectivity index (χ2v) is 8.84. The van der Waals surface area contributed by atoms with Crippen LogP contribution in [0.3, 0.4) is 0 Å². The summed E-state index contributed by atoms with van der Waals surface area (Å²) in [6, 6.07) is 25.3. The number of fused-ring (bicyclic) bond motifs is 2. The standard InChI is InChI=1S/C25H31N2/c1-3-27(2)23-14-15-24(27)17-20(16-23)18-25(19-26,21-10-6-4-7-11-21)22-12-8-5-9-13-22/h4-13,20,23-24H,3,14-18H2,1-2H3/q+1/t20?,23-,24+,27?. The summed E-state index contributed by atoms with van der Waals surface area (Å²) in [6.45, 7) is 3.59. The first-order valence-electron chi connectivity index (χ1n) is 10.5. The second kappa shape index (κ2) is 7.13. The van der Waals surface area contributed by atoms with Crippen molar-refractivity contribution in [3.63, 3.8) is 0 Å². The predicted octanol–water partition coefficient (Wildman–Crippen LogP) is 5.29. The van der Waals surface area contributed by atoms with Crippen LogP contribution in [0.25, 0.3) is 0 Å². The van der Waals surface area contributed by atoms with Crippen molar-refractivity contribution in [3.05, 3.63) is 71.8 Å². The van der Waals surface area contributed by atoms with E-state index in [0.717, 1.165) is 29.6 Å². The highest BCUT2D eigenvalue weighted by Gasteiger charge is 2.52. The van der Waals surface area contributed by atoms with Crippen LogP contribution < -0.4 is 0 Å². The van der Waals surface area contributed by atoms with Crippen LogP contribution in [0.2, 0.25) is 0 Å². The number of quaternary nitrogens is 1. The van der Waals surface area contributed by atoms with Crippen LogP contribution in [-0.2, 0) is 5.41 Å². The molecule has 2 aliphatic heterocycles. The molecule has 2 aliphatic rings. The molecule has 2 nitrogen and oxygen atoms in total. The molecule has 0 N–H and O–H groups in total. The van der Waals surface area contributed by atoms with Crippen molar-refractivity contribution < 1.29 is 4.48 Å². The molecule has 140 valence electrons. The summed E-state index contributed by atoms with van der Waals surface area (Å²) in [7, 11) is 2.46. The van der Waals surface area contributed by atoms with E-state index in [-0.39, 0.29) is 0 Å². The number of hydrogen-bond acceptors (Lipinski definition) is 1. The van der Waals surface area contributed by atoms with Crippen molar-refractivity contribution in [1.82, 2.24) is 0 Å². The minimum atomic E-state index is -0.542. The monoisotopic (exact) mass is 359 g/mol. The van der Waals surface area contributed by atoms with Gasteiger partial charge in [-0.1, -0.05) is 60.7 Å². The molecule has 2 saturated heterocycles. The van der Waals surface area contributed by atoms with Gasteiger partial charge >= 0.3 is 0 Å². The zero-order valence-electron chi connectivity index (χ0n) is 16.6. The Kier molecular flexibility index (Phi) is 4.82. The third kappa shape index (κ3) is 2.99. The van der Waals surface area contributed by atoms with E-state index in [1.807, 2.05) is 12.1 Å².